The third-order valence-electron chi connectivity index (χ3n) is 11.6. The Balaban J connectivity index is 1.22. The average Bonchev–Trinajstić information content (AvgIpc) is 3.93. The maximum Gasteiger partial charge on any atom is 0.138 e. The Kier molecular flexibility index (Phi) is 6.89. The van der Waals surface area contributed by atoms with Crippen molar-refractivity contribution in [3.05, 3.63) is 206 Å². The van der Waals surface area contributed by atoms with Crippen molar-refractivity contribution in [1.82, 2.24) is 18.7 Å². The summed E-state index contributed by atoms with van der Waals surface area (Å²) in [6, 6.07) is 74.3. The van der Waals surface area contributed by atoms with E-state index in [1.165, 1.54) is 43.4 Å². The molecule has 8 aromatic carbocycles. The van der Waals surface area contributed by atoms with Gasteiger partial charge in [0.25, 0.3) is 0 Å². The van der Waals surface area contributed by atoms with Crippen LogP contribution in [0.4, 0.5) is 0 Å². The summed E-state index contributed by atoms with van der Waals surface area (Å²) >= 11 is 0. The molecule has 4 heteroatoms. The number of fused-ring (bicyclic) bond motifs is 10. The molecule has 0 unspecified atom stereocenters. The lowest BCUT2D eigenvalue weighted by molar-refractivity contribution is 1.08. The lowest BCUT2D eigenvalue weighted by Gasteiger charge is -2.14. The molecule has 0 N–H and O–H groups in total. The van der Waals surface area contributed by atoms with E-state index in [2.05, 4.69) is 220 Å². The molecular weight excluding hydrogens is 693 g/mol. The Morgan fingerprint density at radius 2 is 0.772 bits per heavy atom. The van der Waals surface area contributed by atoms with Crippen LogP contribution in [0.2, 0.25) is 0 Å². The smallest absolute Gasteiger partial charge is 0.138 e. The van der Waals surface area contributed by atoms with E-state index in [1.54, 1.807) is 0 Å². The van der Waals surface area contributed by atoms with Gasteiger partial charge in [-0.1, -0.05) is 146 Å². The van der Waals surface area contributed by atoms with Crippen LogP contribution in [-0.4, -0.2) is 18.7 Å². The van der Waals surface area contributed by atoms with E-state index in [0.29, 0.717) is 0 Å². The summed E-state index contributed by atoms with van der Waals surface area (Å²) in [5, 5.41) is 7.28. The topological polar surface area (TPSA) is 27.7 Å². The molecule has 12 rings (SSSR count). The number of aromatic nitrogens is 4. The molecule has 4 heterocycles. The first-order valence-electron chi connectivity index (χ1n) is 19.5. The van der Waals surface area contributed by atoms with Gasteiger partial charge in [-0.25, -0.2) is 4.98 Å². The van der Waals surface area contributed by atoms with Crippen LogP contribution in [0.3, 0.4) is 0 Å². The summed E-state index contributed by atoms with van der Waals surface area (Å²) in [7, 11) is 0. The van der Waals surface area contributed by atoms with E-state index in [0.717, 1.165) is 61.6 Å². The highest BCUT2D eigenvalue weighted by Crippen LogP contribution is 2.43. The standard InChI is InChI=1S/C53H34N4/c1-4-16-35(17-5-1)37-32-46(36-18-6-2-7-19-36)54-51(33-37)57-49-27-15-12-24-42(49)43-29-30-44-45-34-39(55-47-25-13-10-22-40(47)41-23-11-14-26-48(41)55)28-31-50(45)56(52(44)53(43)57)38-20-8-3-9-21-38/h1-34H. The van der Waals surface area contributed by atoms with Gasteiger partial charge in [-0.3, -0.25) is 4.57 Å². The van der Waals surface area contributed by atoms with Crippen LogP contribution >= 0.6 is 0 Å². The zero-order valence-corrected chi connectivity index (χ0v) is 30.9. The van der Waals surface area contributed by atoms with E-state index >= 15 is 0 Å². The van der Waals surface area contributed by atoms with Crippen LogP contribution in [0.5, 0.6) is 0 Å². The molecule has 266 valence electrons. The fourth-order valence-corrected chi connectivity index (χ4v) is 9.15. The Bertz CT molecular complexity index is 3390. The maximum absolute atomic E-state index is 5.49. The Labute approximate surface area is 328 Å². The molecular formula is C53H34N4. The Morgan fingerprint density at radius 1 is 0.281 bits per heavy atom. The van der Waals surface area contributed by atoms with Crippen molar-refractivity contribution in [2.24, 2.45) is 0 Å². The van der Waals surface area contributed by atoms with Crippen LogP contribution in [0.1, 0.15) is 0 Å². The SMILES string of the molecule is c1ccc(-c2cc(-c3ccccc3)nc(-n3c4ccccc4c4ccc5c6cc(-n7c8ccccc8c8ccccc87)ccc6n(-c6ccccc6)c5c43)c2)cc1. The van der Waals surface area contributed by atoms with Crippen LogP contribution in [0.25, 0.3) is 105 Å². The predicted molar refractivity (Wildman–Crippen MR) is 238 cm³/mol. The minimum atomic E-state index is 0.879. The van der Waals surface area contributed by atoms with Crippen molar-refractivity contribution < 1.29 is 0 Å². The fourth-order valence-electron chi connectivity index (χ4n) is 9.15. The van der Waals surface area contributed by atoms with E-state index in [1.807, 2.05) is 0 Å². The normalized spacial score (nSPS) is 11.9. The monoisotopic (exact) mass is 726 g/mol. The summed E-state index contributed by atoms with van der Waals surface area (Å²) in [6.45, 7) is 0. The average molecular weight is 727 g/mol. The van der Waals surface area contributed by atoms with Crippen LogP contribution < -0.4 is 0 Å². The molecule has 57 heavy (non-hydrogen) atoms. The highest BCUT2D eigenvalue weighted by Gasteiger charge is 2.23. The van der Waals surface area contributed by atoms with Gasteiger partial charge < -0.3 is 9.13 Å². The van der Waals surface area contributed by atoms with Crippen molar-refractivity contribution in [3.63, 3.8) is 0 Å². The van der Waals surface area contributed by atoms with E-state index < -0.39 is 0 Å². The zero-order chi connectivity index (χ0) is 37.5. The lowest BCUT2D eigenvalue weighted by atomic mass is 10.0. The second-order valence-electron chi connectivity index (χ2n) is 14.8. The van der Waals surface area contributed by atoms with Gasteiger partial charge in [0.15, 0.2) is 0 Å². The number of hydrogen-bond donors (Lipinski definition) is 0. The summed E-state index contributed by atoms with van der Waals surface area (Å²) < 4.78 is 7.27. The number of nitrogens with zero attached hydrogens (tertiary/aromatic N) is 4. The summed E-state index contributed by atoms with van der Waals surface area (Å²) in [5.74, 6) is 0.879. The van der Waals surface area contributed by atoms with Crippen molar-refractivity contribution in [3.8, 4) is 39.6 Å². The van der Waals surface area contributed by atoms with Gasteiger partial charge in [-0.15, -0.1) is 0 Å². The number of pyridine rings is 1. The largest absolute Gasteiger partial charge is 0.309 e. The van der Waals surface area contributed by atoms with Crippen molar-refractivity contribution >= 4 is 65.4 Å². The highest BCUT2D eigenvalue weighted by molar-refractivity contribution is 6.24. The summed E-state index contributed by atoms with van der Waals surface area (Å²) in [4.78, 5) is 5.49. The summed E-state index contributed by atoms with van der Waals surface area (Å²) in [6.07, 6.45) is 0. The summed E-state index contributed by atoms with van der Waals surface area (Å²) in [5.41, 5.74) is 13.5. The van der Waals surface area contributed by atoms with Gasteiger partial charge in [-0.2, -0.15) is 0 Å². The van der Waals surface area contributed by atoms with Crippen LogP contribution in [0, 0.1) is 0 Å². The molecule has 0 amide bonds. The molecule has 4 nitrogen and oxygen atoms in total. The molecule has 0 aliphatic carbocycles. The Hall–Kier alpha value is -7.69. The second kappa shape index (κ2) is 12.4. The quantitative estimate of drug-likeness (QED) is 0.174. The molecule has 0 spiro atoms. The molecule has 0 saturated carbocycles. The highest BCUT2D eigenvalue weighted by atomic mass is 15.1. The minimum absolute atomic E-state index is 0.879. The van der Waals surface area contributed by atoms with E-state index in [-0.39, 0.29) is 0 Å². The molecule has 4 aromatic heterocycles. The van der Waals surface area contributed by atoms with E-state index in [4.69, 9.17) is 4.98 Å². The van der Waals surface area contributed by atoms with Gasteiger partial charge in [0.2, 0.25) is 0 Å². The molecule has 0 aliphatic rings. The van der Waals surface area contributed by atoms with Gasteiger partial charge in [0.05, 0.1) is 38.8 Å². The molecule has 0 radical (unpaired) electrons. The number of para-hydroxylation sites is 4. The first-order valence-corrected chi connectivity index (χ1v) is 19.5. The van der Waals surface area contributed by atoms with Crippen LogP contribution in [-0.2, 0) is 0 Å². The van der Waals surface area contributed by atoms with Gasteiger partial charge >= 0.3 is 0 Å². The van der Waals surface area contributed by atoms with Gasteiger partial charge in [0, 0.05) is 49.3 Å². The fraction of sp³-hybridized carbons (Fsp3) is 0. The maximum atomic E-state index is 5.49. The molecule has 0 atom stereocenters. The number of rotatable bonds is 5. The predicted octanol–water partition coefficient (Wildman–Crippen LogP) is 13.7. The zero-order valence-electron chi connectivity index (χ0n) is 30.9. The third kappa shape index (κ3) is 4.77. The molecule has 12 aromatic rings. The van der Waals surface area contributed by atoms with Crippen molar-refractivity contribution in [2.45, 2.75) is 0 Å². The Morgan fingerprint density at radius 3 is 1.42 bits per heavy atom. The number of hydrogen-bond acceptors (Lipinski definition) is 1. The van der Waals surface area contributed by atoms with Crippen molar-refractivity contribution in [2.75, 3.05) is 0 Å². The van der Waals surface area contributed by atoms with Gasteiger partial charge in [-0.05, 0) is 71.8 Å². The third-order valence-corrected chi connectivity index (χ3v) is 11.6. The van der Waals surface area contributed by atoms with E-state index in [9.17, 15) is 0 Å². The number of benzene rings is 8. The molecule has 0 saturated heterocycles. The minimum Gasteiger partial charge on any atom is -0.309 e. The van der Waals surface area contributed by atoms with Gasteiger partial charge in [0.1, 0.15) is 5.82 Å². The molecule has 0 aliphatic heterocycles. The first-order chi connectivity index (χ1) is 28.3. The first kappa shape index (κ1) is 31.6. The molecule has 0 fully saturated rings. The lowest BCUT2D eigenvalue weighted by Crippen LogP contribution is -2.02. The molecule has 0 bridgehead atoms. The second-order valence-corrected chi connectivity index (χ2v) is 14.8. The van der Waals surface area contributed by atoms with Crippen molar-refractivity contribution in [1.29, 1.82) is 0 Å². The van der Waals surface area contributed by atoms with Crippen LogP contribution in [0.15, 0.2) is 206 Å².